The van der Waals surface area contributed by atoms with Crippen molar-refractivity contribution in [2.24, 2.45) is 11.8 Å². The van der Waals surface area contributed by atoms with E-state index in [0.717, 1.165) is 11.3 Å². The van der Waals surface area contributed by atoms with Gasteiger partial charge >= 0.3 is 0 Å². The second kappa shape index (κ2) is 5.87. The number of hydrogen-bond acceptors (Lipinski definition) is 5. The Kier molecular flexibility index (Phi) is 3.40. The Morgan fingerprint density at radius 3 is 2.68 bits per heavy atom. The molecule has 3 fully saturated rings. The van der Waals surface area contributed by atoms with Crippen LogP contribution in [0.2, 0.25) is 0 Å². The van der Waals surface area contributed by atoms with Gasteiger partial charge in [-0.15, -0.1) is 0 Å². The fourth-order valence-electron chi connectivity index (χ4n) is 5.35. The quantitative estimate of drug-likeness (QED) is 0.758. The molecule has 6 rings (SSSR count). The molecule has 0 N–H and O–H groups in total. The van der Waals surface area contributed by atoms with Crippen molar-refractivity contribution in [2.75, 3.05) is 11.5 Å². The van der Waals surface area contributed by atoms with Gasteiger partial charge in [0.1, 0.15) is 0 Å². The van der Waals surface area contributed by atoms with Crippen molar-refractivity contribution < 1.29 is 19.1 Å². The van der Waals surface area contributed by atoms with Crippen LogP contribution in [-0.2, 0) is 14.3 Å². The van der Waals surface area contributed by atoms with Gasteiger partial charge in [0.05, 0.1) is 30.7 Å². The number of nitrogens with zero attached hydrogens (tertiary/aromatic N) is 1. The number of para-hydroxylation sites is 1. The monoisotopic (exact) mass is 373 g/mol. The van der Waals surface area contributed by atoms with Crippen LogP contribution in [0.25, 0.3) is 6.08 Å². The second-order valence-electron chi connectivity index (χ2n) is 7.84. The van der Waals surface area contributed by atoms with E-state index in [1.165, 1.54) is 0 Å². The highest BCUT2D eigenvalue weighted by Gasteiger charge is 2.63. The first-order valence-corrected chi connectivity index (χ1v) is 9.70. The summed E-state index contributed by atoms with van der Waals surface area (Å²) in [6.07, 6.45) is 3.11. The summed E-state index contributed by atoms with van der Waals surface area (Å²) >= 11 is 0. The molecule has 2 unspecified atom stereocenters. The van der Waals surface area contributed by atoms with Gasteiger partial charge in [-0.05, 0) is 11.6 Å². The fraction of sp³-hybridized carbons (Fsp3) is 0.304. The van der Waals surface area contributed by atoms with Crippen LogP contribution in [0.3, 0.4) is 0 Å². The van der Waals surface area contributed by atoms with Crippen LogP contribution in [-0.4, -0.2) is 42.7 Å². The number of Topliss-reactive ketones (excluding diaryl/α,β-unsaturated/α-hetero) is 2. The normalized spacial score (nSPS) is 34.7. The molecule has 5 heteroatoms. The first kappa shape index (κ1) is 16.2. The Morgan fingerprint density at radius 1 is 1.04 bits per heavy atom. The molecule has 4 aliphatic heterocycles. The van der Waals surface area contributed by atoms with Crippen molar-refractivity contribution in [3.63, 3.8) is 0 Å². The van der Waals surface area contributed by atoms with Crippen LogP contribution in [0.4, 0.5) is 5.69 Å². The molecule has 4 heterocycles. The smallest absolute Gasteiger partial charge is 0.218 e. The van der Waals surface area contributed by atoms with Gasteiger partial charge in [-0.2, -0.15) is 0 Å². The number of carbonyl (C=O) groups excluding carboxylic acids is 2. The zero-order valence-electron chi connectivity index (χ0n) is 15.1. The third-order valence-corrected chi connectivity index (χ3v) is 6.48. The maximum atomic E-state index is 13.7. The van der Waals surface area contributed by atoms with Gasteiger partial charge < -0.3 is 14.4 Å². The van der Waals surface area contributed by atoms with Gasteiger partial charge in [0.2, 0.25) is 6.29 Å². The summed E-state index contributed by atoms with van der Waals surface area (Å²) in [6.45, 7) is 0.363. The highest BCUT2D eigenvalue weighted by Crippen LogP contribution is 2.50. The lowest BCUT2D eigenvalue weighted by molar-refractivity contribution is -0.163. The number of benzene rings is 2. The van der Waals surface area contributed by atoms with Crippen LogP contribution < -0.4 is 4.90 Å². The average molecular weight is 373 g/mol. The van der Waals surface area contributed by atoms with Crippen LogP contribution in [0, 0.1) is 11.8 Å². The molecule has 140 valence electrons. The Bertz CT molecular complexity index is 1000. The molecule has 28 heavy (non-hydrogen) atoms. The number of ether oxygens (including phenoxy) is 2. The summed E-state index contributed by atoms with van der Waals surface area (Å²) in [5, 5.41) is 0. The minimum atomic E-state index is -0.788. The van der Waals surface area contributed by atoms with Crippen molar-refractivity contribution in [3.05, 3.63) is 71.8 Å². The first-order chi connectivity index (χ1) is 13.7. The molecule has 0 aromatic heterocycles. The van der Waals surface area contributed by atoms with Gasteiger partial charge in [0.15, 0.2) is 11.6 Å². The van der Waals surface area contributed by atoms with E-state index < -0.39 is 12.3 Å². The van der Waals surface area contributed by atoms with Crippen molar-refractivity contribution in [2.45, 2.75) is 24.5 Å². The van der Waals surface area contributed by atoms with Crippen LogP contribution >= 0.6 is 0 Å². The molecule has 0 radical (unpaired) electrons. The zero-order chi connectivity index (χ0) is 18.8. The molecule has 3 saturated heterocycles. The standard InChI is InChI=1S/C23H19NO4/c25-21(14-7-2-1-3-8-14)20-19-17-12-27-23(28-17)22(26)18(19)16-11-10-13-6-4-5-9-15(13)24(16)20/h1-11,16-20,23H,12H2/t16-,17?,18+,19+,20-,23?/m0/s1. The zero-order valence-corrected chi connectivity index (χ0v) is 15.1. The van der Waals surface area contributed by atoms with Crippen LogP contribution in [0.15, 0.2) is 60.7 Å². The van der Waals surface area contributed by atoms with Gasteiger partial charge in [-0.25, -0.2) is 0 Å². The minimum absolute atomic E-state index is 0.0324. The van der Waals surface area contributed by atoms with E-state index >= 15 is 0 Å². The number of ketones is 2. The summed E-state index contributed by atoms with van der Waals surface area (Å²) in [7, 11) is 0. The lowest BCUT2D eigenvalue weighted by Gasteiger charge is -2.35. The van der Waals surface area contributed by atoms with E-state index in [1.807, 2.05) is 54.6 Å². The minimum Gasteiger partial charge on any atom is -0.353 e. The fourth-order valence-corrected chi connectivity index (χ4v) is 5.35. The number of carbonyl (C=O) groups is 2. The number of fused-ring (bicyclic) bond motifs is 8. The molecule has 0 saturated carbocycles. The molecule has 0 spiro atoms. The van der Waals surface area contributed by atoms with E-state index in [2.05, 4.69) is 17.1 Å². The van der Waals surface area contributed by atoms with E-state index in [9.17, 15) is 9.59 Å². The van der Waals surface area contributed by atoms with Crippen molar-refractivity contribution in [1.29, 1.82) is 0 Å². The molecule has 2 aromatic carbocycles. The number of rotatable bonds is 2. The number of hydrogen-bond donors (Lipinski definition) is 0. The van der Waals surface area contributed by atoms with Crippen LogP contribution in [0.1, 0.15) is 15.9 Å². The summed E-state index contributed by atoms with van der Waals surface area (Å²) in [5.74, 6) is -0.528. The summed E-state index contributed by atoms with van der Waals surface area (Å²) in [4.78, 5) is 28.9. The van der Waals surface area contributed by atoms with Gasteiger partial charge in [-0.1, -0.05) is 60.7 Å². The highest BCUT2D eigenvalue weighted by molar-refractivity contribution is 6.05. The summed E-state index contributed by atoms with van der Waals surface area (Å²) < 4.78 is 11.4. The van der Waals surface area contributed by atoms with E-state index in [-0.39, 0.29) is 35.5 Å². The Labute approximate surface area is 162 Å². The molecule has 2 bridgehead atoms. The van der Waals surface area contributed by atoms with Gasteiger partial charge in [0, 0.05) is 17.2 Å². The van der Waals surface area contributed by atoms with E-state index in [4.69, 9.17) is 9.47 Å². The van der Waals surface area contributed by atoms with E-state index in [0.29, 0.717) is 12.2 Å². The highest BCUT2D eigenvalue weighted by atomic mass is 16.7. The SMILES string of the molecule is O=C1C2OCC(O2)[C@@H]2[C@H]1[C@@H]1C=Cc3ccccc3N1[C@@H]2C(=O)c1ccccc1. The molecule has 2 aromatic rings. The summed E-state index contributed by atoms with van der Waals surface area (Å²) in [6, 6.07) is 16.8. The molecular formula is C23H19NO4. The predicted molar refractivity (Wildman–Crippen MR) is 103 cm³/mol. The van der Waals surface area contributed by atoms with Crippen LogP contribution in [0.5, 0.6) is 0 Å². The Balaban J connectivity index is 1.53. The van der Waals surface area contributed by atoms with E-state index in [1.54, 1.807) is 0 Å². The summed E-state index contributed by atoms with van der Waals surface area (Å²) in [5.41, 5.74) is 2.73. The van der Waals surface area contributed by atoms with Crippen molar-refractivity contribution >= 4 is 23.3 Å². The molecule has 5 nitrogen and oxygen atoms in total. The molecular weight excluding hydrogens is 354 g/mol. The molecule has 0 aliphatic carbocycles. The Morgan fingerprint density at radius 2 is 1.82 bits per heavy atom. The average Bonchev–Trinajstić information content (AvgIpc) is 3.33. The lowest BCUT2D eigenvalue weighted by atomic mass is 9.77. The molecule has 6 atom stereocenters. The maximum Gasteiger partial charge on any atom is 0.218 e. The third-order valence-electron chi connectivity index (χ3n) is 6.48. The topological polar surface area (TPSA) is 55.8 Å². The first-order valence-electron chi connectivity index (χ1n) is 9.70. The van der Waals surface area contributed by atoms with Gasteiger partial charge in [0.25, 0.3) is 0 Å². The largest absolute Gasteiger partial charge is 0.353 e. The lowest BCUT2D eigenvalue weighted by Crippen LogP contribution is -2.48. The van der Waals surface area contributed by atoms with Crippen molar-refractivity contribution in [3.8, 4) is 0 Å². The molecule has 4 aliphatic rings. The molecule has 0 amide bonds. The maximum absolute atomic E-state index is 13.7. The van der Waals surface area contributed by atoms with Gasteiger partial charge in [-0.3, -0.25) is 9.59 Å². The van der Waals surface area contributed by atoms with Crippen molar-refractivity contribution in [1.82, 2.24) is 0 Å². The third kappa shape index (κ3) is 2.09. The second-order valence-corrected chi connectivity index (χ2v) is 7.84. The number of anilines is 1. The Hall–Kier alpha value is -2.76. The predicted octanol–water partition coefficient (Wildman–Crippen LogP) is 2.71.